The van der Waals surface area contributed by atoms with Crippen LogP contribution >= 0.6 is 0 Å². The van der Waals surface area contributed by atoms with Gasteiger partial charge in [-0.15, -0.1) is 53.6 Å². The fourth-order valence-corrected chi connectivity index (χ4v) is 4.39. The second kappa shape index (κ2) is 11.6. The van der Waals surface area contributed by atoms with Crippen LogP contribution in [0.3, 0.4) is 0 Å². The number of nitrogens with zero attached hydrogens (tertiary/aromatic N) is 3. The Morgan fingerprint density at radius 2 is 1.36 bits per heavy atom. The normalized spacial score (nSPS) is 10.6. The molecule has 1 radical (unpaired) electrons. The molecule has 6 heteroatoms. The van der Waals surface area contributed by atoms with Crippen molar-refractivity contribution in [1.29, 1.82) is 0 Å². The van der Waals surface area contributed by atoms with Gasteiger partial charge in [-0.2, -0.15) is 0 Å². The third-order valence-electron chi connectivity index (χ3n) is 6.16. The standard InChI is InChI=1S/C18H11N2.C15H8F2N.Ir/c1-2-7-14(8-3-1)18-19-12-15-11-10-13-6-4-5-9-16(13)17(15)20-18;16-12-7-11(8-13(17)9-12)15-14-4-2-1-3-10(14)5-6-18-15;/h1-7,9-12H;1-7,9H;/q2*-1;. The Morgan fingerprint density at radius 3 is 2.13 bits per heavy atom. The van der Waals surface area contributed by atoms with Crippen LogP contribution in [0.25, 0.3) is 55.1 Å². The van der Waals surface area contributed by atoms with Crippen LogP contribution in [0.15, 0.2) is 116 Å². The van der Waals surface area contributed by atoms with Crippen LogP contribution < -0.4 is 0 Å². The van der Waals surface area contributed by atoms with E-state index in [-0.39, 0.29) is 20.1 Å². The van der Waals surface area contributed by atoms with E-state index < -0.39 is 11.6 Å². The molecule has 0 bridgehead atoms. The van der Waals surface area contributed by atoms with Crippen LogP contribution in [0, 0.1) is 23.8 Å². The molecule has 0 saturated heterocycles. The van der Waals surface area contributed by atoms with Crippen molar-refractivity contribution in [3.8, 4) is 22.6 Å². The van der Waals surface area contributed by atoms with Crippen molar-refractivity contribution in [2.75, 3.05) is 0 Å². The predicted molar refractivity (Wildman–Crippen MR) is 147 cm³/mol. The molecule has 39 heavy (non-hydrogen) atoms. The summed E-state index contributed by atoms with van der Waals surface area (Å²) in [5.41, 5.74) is 2.77. The van der Waals surface area contributed by atoms with Gasteiger partial charge in [0.1, 0.15) is 0 Å². The van der Waals surface area contributed by atoms with Crippen molar-refractivity contribution in [3.63, 3.8) is 0 Å². The number of fused-ring (bicyclic) bond motifs is 4. The first-order valence-corrected chi connectivity index (χ1v) is 12.0. The molecule has 0 aliphatic carbocycles. The van der Waals surface area contributed by atoms with Crippen LogP contribution in [0.1, 0.15) is 0 Å². The van der Waals surface area contributed by atoms with Crippen LogP contribution in [0.4, 0.5) is 8.78 Å². The predicted octanol–water partition coefficient (Wildman–Crippen LogP) is 8.23. The zero-order valence-corrected chi connectivity index (χ0v) is 22.8. The van der Waals surface area contributed by atoms with Gasteiger partial charge in [0.15, 0.2) is 0 Å². The number of benzene rings is 5. The first kappa shape index (κ1) is 26.2. The van der Waals surface area contributed by atoms with Gasteiger partial charge >= 0.3 is 0 Å². The fourth-order valence-electron chi connectivity index (χ4n) is 4.39. The molecular formula is C33H19F2IrN3-2. The summed E-state index contributed by atoms with van der Waals surface area (Å²) in [4.78, 5) is 13.4. The molecule has 2 heterocycles. The van der Waals surface area contributed by atoms with Gasteiger partial charge in [-0.3, -0.25) is 9.97 Å². The van der Waals surface area contributed by atoms with Crippen LogP contribution in [0.2, 0.25) is 0 Å². The fraction of sp³-hybridized carbons (Fsp3) is 0. The molecule has 0 aliphatic rings. The molecule has 3 nitrogen and oxygen atoms in total. The molecule has 191 valence electrons. The summed E-state index contributed by atoms with van der Waals surface area (Å²) in [6.45, 7) is 0. The van der Waals surface area contributed by atoms with Crippen molar-refractivity contribution in [3.05, 3.63) is 139 Å². The second-order valence-corrected chi connectivity index (χ2v) is 8.64. The van der Waals surface area contributed by atoms with E-state index in [0.717, 1.165) is 44.5 Å². The van der Waals surface area contributed by atoms with E-state index in [1.54, 1.807) is 6.20 Å². The summed E-state index contributed by atoms with van der Waals surface area (Å²) in [5, 5.41) is 5.23. The maximum Gasteiger partial charge on any atom is 0.0756 e. The van der Waals surface area contributed by atoms with Crippen molar-refractivity contribution in [2.24, 2.45) is 0 Å². The average molecular weight is 688 g/mol. The minimum absolute atomic E-state index is 0. The zero-order valence-electron chi connectivity index (χ0n) is 20.4. The smallest absolute Gasteiger partial charge is 0.0756 e. The molecule has 2 aromatic heterocycles. The Morgan fingerprint density at radius 1 is 0.641 bits per heavy atom. The van der Waals surface area contributed by atoms with Gasteiger partial charge in [0.25, 0.3) is 0 Å². The first-order chi connectivity index (χ1) is 18.7. The summed E-state index contributed by atoms with van der Waals surface area (Å²) in [6.07, 6.45) is 3.50. The largest absolute Gasteiger partial charge is 0.304 e. The van der Waals surface area contributed by atoms with Crippen LogP contribution in [0.5, 0.6) is 0 Å². The molecule has 7 rings (SSSR count). The molecule has 0 atom stereocenters. The molecule has 5 aromatic carbocycles. The third-order valence-corrected chi connectivity index (χ3v) is 6.16. The number of rotatable bonds is 2. The number of hydrogen-bond donors (Lipinski definition) is 0. The van der Waals surface area contributed by atoms with Crippen molar-refractivity contribution in [1.82, 2.24) is 15.0 Å². The number of halogens is 2. The third kappa shape index (κ3) is 5.58. The van der Waals surface area contributed by atoms with E-state index in [0.29, 0.717) is 11.3 Å². The van der Waals surface area contributed by atoms with Gasteiger partial charge in [0.2, 0.25) is 0 Å². The van der Waals surface area contributed by atoms with Crippen molar-refractivity contribution >= 4 is 32.4 Å². The Balaban J connectivity index is 0.000000155. The summed E-state index contributed by atoms with van der Waals surface area (Å²) >= 11 is 0. The van der Waals surface area contributed by atoms with Crippen molar-refractivity contribution in [2.45, 2.75) is 0 Å². The minimum Gasteiger partial charge on any atom is -0.304 e. The van der Waals surface area contributed by atoms with Gasteiger partial charge in [0, 0.05) is 54.9 Å². The van der Waals surface area contributed by atoms with Crippen molar-refractivity contribution < 1.29 is 28.9 Å². The van der Waals surface area contributed by atoms with Gasteiger partial charge in [-0.25, -0.2) is 8.78 Å². The van der Waals surface area contributed by atoms with Gasteiger partial charge in [-0.1, -0.05) is 66.7 Å². The van der Waals surface area contributed by atoms with E-state index >= 15 is 0 Å². The molecule has 0 fully saturated rings. The van der Waals surface area contributed by atoms with Gasteiger partial charge in [0.05, 0.1) is 11.3 Å². The monoisotopic (exact) mass is 688 g/mol. The Labute approximate surface area is 237 Å². The molecular weight excluding hydrogens is 669 g/mol. The first-order valence-electron chi connectivity index (χ1n) is 12.0. The number of pyridine rings is 1. The molecule has 0 unspecified atom stereocenters. The van der Waals surface area contributed by atoms with E-state index in [2.05, 4.69) is 46.4 Å². The molecule has 0 spiro atoms. The second-order valence-electron chi connectivity index (χ2n) is 8.64. The van der Waals surface area contributed by atoms with Crippen LogP contribution in [-0.4, -0.2) is 15.0 Å². The topological polar surface area (TPSA) is 38.7 Å². The van der Waals surface area contributed by atoms with Gasteiger partial charge in [-0.05, 0) is 27.9 Å². The molecule has 0 amide bonds. The maximum atomic E-state index is 13.2. The quantitative estimate of drug-likeness (QED) is 0.136. The SMILES string of the molecule is Fc1[c-]c(-c2nccc3ccccc23)cc(F)c1.[Ir].[c-]1ccccc1-c1ncc2ccc3ccccc3c2n1. The average Bonchev–Trinajstić information content (AvgIpc) is 2.97. The molecule has 7 aromatic rings. The molecule has 0 aliphatic heterocycles. The Hall–Kier alpha value is -4.38. The molecule has 0 saturated carbocycles. The summed E-state index contributed by atoms with van der Waals surface area (Å²) in [5.74, 6) is -0.634. The Bertz CT molecular complexity index is 1880. The van der Waals surface area contributed by atoms with Gasteiger partial charge < -0.3 is 4.98 Å². The van der Waals surface area contributed by atoms with E-state index in [4.69, 9.17) is 4.98 Å². The Kier molecular flexibility index (Phi) is 7.78. The van der Waals surface area contributed by atoms with E-state index in [1.807, 2.05) is 72.9 Å². The molecule has 0 N–H and O–H groups in total. The zero-order chi connectivity index (χ0) is 25.9. The summed E-state index contributed by atoms with van der Waals surface area (Å²) in [7, 11) is 0. The minimum atomic E-state index is -0.722. The summed E-state index contributed by atoms with van der Waals surface area (Å²) < 4.78 is 26.4. The summed E-state index contributed by atoms with van der Waals surface area (Å²) in [6, 6.07) is 37.4. The van der Waals surface area contributed by atoms with E-state index in [1.165, 1.54) is 11.5 Å². The number of aromatic nitrogens is 3. The number of hydrogen-bond acceptors (Lipinski definition) is 3. The van der Waals surface area contributed by atoms with Crippen LogP contribution in [-0.2, 0) is 20.1 Å². The van der Waals surface area contributed by atoms with E-state index in [9.17, 15) is 8.78 Å². The maximum absolute atomic E-state index is 13.2.